The zero-order chi connectivity index (χ0) is 12.3. The van der Waals surface area contributed by atoms with Crippen molar-refractivity contribution in [2.75, 3.05) is 53.1 Å². The first kappa shape index (κ1) is 14.9. The van der Waals surface area contributed by atoms with Crippen LogP contribution in [0.15, 0.2) is 0 Å². The Morgan fingerprint density at radius 3 is 2.82 bits per heavy atom. The van der Waals surface area contributed by atoms with Crippen LogP contribution in [0.2, 0.25) is 0 Å². The minimum Gasteiger partial charge on any atom is -0.385 e. The molecule has 0 saturated carbocycles. The Morgan fingerprint density at radius 1 is 1.29 bits per heavy atom. The van der Waals surface area contributed by atoms with E-state index in [1.807, 2.05) is 0 Å². The number of methoxy groups -OCH3 is 1. The monoisotopic (exact) mass is 244 g/mol. The molecule has 0 aliphatic carbocycles. The second-order valence-corrected chi connectivity index (χ2v) is 4.59. The molecule has 1 N–H and O–H groups in total. The molecule has 0 bridgehead atoms. The van der Waals surface area contributed by atoms with Crippen molar-refractivity contribution in [2.24, 2.45) is 0 Å². The number of piperidine rings is 1. The number of nitrogens with one attached hydrogen (secondary N) is 1. The Bertz CT molecular complexity index is 173. The number of hydrogen-bond donors (Lipinski definition) is 1. The van der Waals surface area contributed by atoms with Crippen LogP contribution in [0.3, 0.4) is 0 Å². The van der Waals surface area contributed by atoms with Gasteiger partial charge in [-0.15, -0.1) is 0 Å². The lowest BCUT2D eigenvalue weighted by molar-refractivity contribution is 0.0693. The van der Waals surface area contributed by atoms with E-state index >= 15 is 0 Å². The number of ether oxygens (including phenoxy) is 2. The molecule has 0 radical (unpaired) electrons. The molecule has 102 valence electrons. The molecule has 0 aromatic heterocycles. The van der Waals surface area contributed by atoms with E-state index in [1.165, 1.54) is 19.4 Å². The second-order valence-electron chi connectivity index (χ2n) is 4.59. The van der Waals surface area contributed by atoms with Crippen molar-refractivity contribution in [2.45, 2.75) is 32.2 Å². The van der Waals surface area contributed by atoms with Crippen LogP contribution in [0.25, 0.3) is 0 Å². The normalized spacial score (nSPS) is 21.0. The van der Waals surface area contributed by atoms with E-state index < -0.39 is 0 Å². The van der Waals surface area contributed by atoms with Gasteiger partial charge in [0.2, 0.25) is 0 Å². The quantitative estimate of drug-likeness (QED) is 0.616. The molecule has 1 heterocycles. The summed E-state index contributed by atoms with van der Waals surface area (Å²) < 4.78 is 10.6. The van der Waals surface area contributed by atoms with Crippen LogP contribution < -0.4 is 5.32 Å². The van der Waals surface area contributed by atoms with Crippen molar-refractivity contribution in [1.29, 1.82) is 0 Å². The van der Waals surface area contributed by atoms with E-state index in [2.05, 4.69) is 17.1 Å². The van der Waals surface area contributed by atoms with Crippen molar-refractivity contribution in [3.8, 4) is 0 Å². The predicted molar refractivity (Wildman–Crippen MR) is 70.5 cm³/mol. The first-order valence-electron chi connectivity index (χ1n) is 6.90. The first-order valence-corrected chi connectivity index (χ1v) is 6.90. The van der Waals surface area contributed by atoms with Gasteiger partial charge in [0.25, 0.3) is 0 Å². The standard InChI is InChI=1S/C13H28N2O2/c1-3-15(13-6-4-7-14-12-13)8-11-17-10-5-9-16-2/h13-14H,3-12H2,1-2H3. The molecule has 4 nitrogen and oxygen atoms in total. The van der Waals surface area contributed by atoms with Crippen LogP contribution in [0, 0.1) is 0 Å². The van der Waals surface area contributed by atoms with Gasteiger partial charge in [0.15, 0.2) is 0 Å². The predicted octanol–water partition coefficient (Wildman–Crippen LogP) is 1.11. The van der Waals surface area contributed by atoms with Crippen molar-refractivity contribution in [3.05, 3.63) is 0 Å². The zero-order valence-electron chi connectivity index (χ0n) is 11.4. The maximum Gasteiger partial charge on any atom is 0.0593 e. The van der Waals surface area contributed by atoms with Crippen molar-refractivity contribution >= 4 is 0 Å². The van der Waals surface area contributed by atoms with Gasteiger partial charge in [0, 0.05) is 39.5 Å². The van der Waals surface area contributed by atoms with Gasteiger partial charge >= 0.3 is 0 Å². The highest BCUT2D eigenvalue weighted by Gasteiger charge is 2.18. The Kier molecular flexibility index (Phi) is 8.61. The molecule has 1 fully saturated rings. The lowest BCUT2D eigenvalue weighted by Gasteiger charge is -2.33. The minimum absolute atomic E-state index is 0.705. The maximum atomic E-state index is 5.62. The molecule has 0 aromatic carbocycles. The number of likely N-dealkylation sites (N-methyl/N-ethyl adjacent to an activating group) is 1. The van der Waals surface area contributed by atoms with Crippen LogP contribution >= 0.6 is 0 Å². The number of nitrogens with zero attached hydrogens (tertiary/aromatic N) is 1. The van der Waals surface area contributed by atoms with Crippen molar-refractivity contribution in [3.63, 3.8) is 0 Å². The van der Waals surface area contributed by atoms with Crippen LogP contribution in [0.5, 0.6) is 0 Å². The van der Waals surface area contributed by atoms with E-state index in [4.69, 9.17) is 9.47 Å². The number of hydrogen-bond acceptors (Lipinski definition) is 4. The molecule has 0 spiro atoms. The maximum absolute atomic E-state index is 5.62. The van der Waals surface area contributed by atoms with Gasteiger partial charge in [0.1, 0.15) is 0 Å². The largest absolute Gasteiger partial charge is 0.385 e. The smallest absolute Gasteiger partial charge is 0.0593 e. The minimum atomic E-state index is 0.705. The van der Waals surface area contributed by atoms with Gasteiger partial charge in [-0.25, -0.2) is 0 Å². The average Bonchev–Trinajstić information content (AvgIpc) is 2.39. The summed E-state index contributed by atoms with van der Waals surface area (Å²) in [5.74, 6) is 0. The lowest BCUT2D eigenvalue weighted by atomic mass is 10.1. The van der Waals surface area contributed by atoms with Gasteiger partial charge in [-0.1, -0.05) is 6.92 Å². The summed E-state index contributed by atoms with van der Waals surface area (Å²) in [6.45, 7) is 9.18. The third-order valence-electron chi connectivity index (χ3n) is 3.35. The first-order chi connectivity index (χ1) is 8.38. The highest BCUT2D eigenvalue weighted by molar-refractivity contribution is 4.77. The van der Waals surface area contributed by atoms with Gasteiger partial charge in [0.05, 0.1) is 6.61 Å². The third kappa shape index (κ3) is 6.36. The molecule has 0 amide bonds. The average molecular weight is 244 g/mol. The van der Waals surface area contributed by atoms with E-state index in [0.717, 1.165) is 45.9 Å². The summed E-state index contributed by atoms with van der Waals surface area (Å²) >= 11 is 0. The molecular weight excluding hydrogens is 216 g/mol. The molecule has 4 heteroatoms. The summed E-state index contributed by atoms with van der Waals surface area (Å²) in [5.41, 5.74) is 0. The fraction of sp³-hybridized carbons (Fsp3) is 1.00. The summed E-state index contributed by atoms with van der Waals surface area (Å²) in [4.78, 5) is 2.53. The Morgan fingerprint density at radius 2 is 2.18 bits per heavy atom. The Hall–Kier alpha value is -0.160. The zero-order valence-corrected chi connectivity index (χ0v) is 11.4. The van der Waals surface area contributed by atoms with Gasteiger partial charge in [-0.2, -0.15) is 0 Å². The molecule has 1 saturated heterocycles. The molecule has 1 unspecified atom stereocenters. The topological polar surface area (TPSA) is 33.7 Å². The summed E-state index contributed by atoms with van der Waals surface area (Å²) in [5, 5.41) is 3.47. The Labute approximate surface area is 106 Å². The summed E-state index contributed by atoms with van der Waals surface area (Å²) in [7, 11) is 1.73. The fourth-order valence-corrected chi connectivity index (χ4v) is 2.33. The van der Waals surface area contributed by atoms with Crippen LogP contribution in [-0.4, -0.2) is 64.1 Å². The highest BCUT2D eigenvalue weighted by Crippen LogP contribution is 2.09. The van der Waals surface area contributed by atoms with Crippen LogP contribution in [0.1, 0.15) is 26.2 Å². The third-order valence-corrected chi connectivity index (χ3v) is 3.35. The summed E-state index contributed by atoms with van der Waals surface area (Å²) in [6.07, 6.45) is 3.62. The SMILES string of the molecule is CCN(CCOCCCOC)C1CCCNC1. The molecule has 17 heavy (non-hydrogen) atoms. The van der Waals surface area contributed by atoms with Gasteiger partial charge in [-0.3, -0.25) is 4.90 Å². The van der Waals surface area contributed by atoms with E-state index in [1.54, 1.807) is 7.11 Å². The lowest BCUT2D eigenvalue weighted by Crippen LogP contribution is -2.47. The van der Waals surface area contributed by atoms with Crippen LogP contribution in [0.4, 0.5) is 0 Å². The highest BCUT2D eigenvalue weighted by atomic mass is 16.5. The molecule has 1 aliphatic heterocycles. The molecule has 0 aromatic rings. The molecule has 1 atom stereocenters. The molecule has 1 rings (SSSR count). The second kappa shape index (κ2) is 9.83. The van der Waals surface area contributed by atoms with Crippen molar-refractivity contribution < 1.29 is 9.47 Å². The van der Waals surface area contributed by atoms with E-state index in [9.17, 15) is 0 Å². The Balaban J connectivity index is 2.05. The van der Waals surface area contributed by atoms with E-state index in [0.29, 0.717) is 6.04 Å². The molecule has 1 aliphatic rings. The van der Waals surface area contributed by atoms with Gasteiger partial charge < -0.3 is 14.8 Å². The summed E-state index contributed by atoms with van der Waals surface area (Å²) in [6, 6.07) is 0.705. The van der Waals surface area contributed by atoms with E-state index in [-0.39, 0.29) is 0 Å². The van der Waals surface area contributed by atoms with Gasteiger partial charge in [-0.05, 0) is 32.4 Å². The fourth-order valence-electron chi connectivity index (χ4n) is 2.33. The van der Waals surface area contributed by atoms with Crippen LogP contribution in [-0.2, 0) is 9.47 Å². The molecular formula is C13H28N2O2. The number of rotatable bonds is 9. The van der Waals surface area contributed by atoms with Crippen molar-refractivity contribution in [1.82, 2.24) is 10.2 Å².